The third-order valence-electron chi connectivity index (χ3n) is 9.79. The fraction of sp³-hybridized carbons (Fsp3) is 0.0455. The van der Waals surface area contributed by atoms with Gasteiger partial charge in [0.15, 0.2) is 5.58 Å². The third-order valence-corrected chi connectivity index (χ3v) is 9.79. The summed E-state index contributed by atoms with van der Waals surface area (Å²) in [5, 5.41) is 8.42. The van der Waals surface area contributed by atoms with Crippen molar-refractivity contribution in [3.8, 4) is 5.69 Å². The van der Waals surface area contributed by atoms with Crippen LogP contribution in [0.3, 0.4) is 0 Å². The van der Waals surface area contributed by atoms with E-state index in [2.05, 4.69) is 167 Å². The number of hydrogen-bond donors (Lipinski definition) is 0. The summed E-state index contributed by atoms with van der Waals surface area (Å²) in [6, 6.07) is 52.6. The van der Waals surface area contributed by atoms with E-state index >= 15 is 0 Å². The molecule has 0 fully saturated rings. The molecule has 0 aliphatic heterocycles. The summed E-state index contributed by atoms with van der Waals surface area (Å²) in [4.78, 5) is 2.47. The van der Waals surface area contributed by atoms with E-state index in [4.69, 9.17) is 4.42 Å². The molecule has 2 heterocycles. The first kappa shape index (κ1) is 26.2. The summed E-state index contributed by atoms with van der Waals surface area (Å²) >= 11 is 0. The molecule has 0 bridgehead atoms. The van der Waals surface area contributed by atoms with E-state index in [1.165, 1.54) is 48.8 Å². The number of fused-ring (bicyclic) bond motifs is 9. The Morgan fingerprint density at radius 2 is 1.32 bits per heavy atom. The van der Waals surface area contributed by atoms with Gasteiger partial charge in [-0.3, -0.25) is 0 Å². The maximum atomic E-state index is 6.98. The third kappa shape index (κ3) is 3.93. The van der Waals surface area contributed by atoms with Crippen molar-refractivity contribution in [3.63, 3.8) is 0 Å². The van der Waals surface area contributed by atoms with Crippen molar-refractivity contribution < 1.29 is 4.42 Å². The summed E-state index contributed by atoms with van der Waals surface area (Å²) in [5.41, 5.74) is 9.00. The number of aromatic nitrogens is 1. The molecule has 3 heteroatoms. The predicted octanol–water partition coefficient (Wildman–Crippen LogP) is 12.3. The number of para-hydroxylation sites is 2. The van der Waals surface area contributed by atoms with E-state index < -0.39 is 0 Å². The maximum Gasteiger partial charge on any atom is 0.161 e. The Balaban J connectivity index is 1.40. The van der Waals surface area contributed by atoms with Gasteiger partial charge in [0.25, 0.3) is 0 Å². The molecule has 3 nitrogen and oxygen atoms in total. The van der Waals surface area contributed by atoms with Gasteiger partial charge in [0, 0.05) is 33.1 Å². The number of hydrogen-bond acceptors (Lipinski definition) is 2. The lowest BCUT2D eigenvalue weighted by Crippen LogP contribution is -2.11. The molecular formula is C44H30N2O. The van der Waals surface area contributed by atoms with Crippen molar-refractivity contribution >= 4 is 77.5 Å². The number of aryl methyl sites for hydroxylation is 1. The Kier molecular flexibility index (Phi) is 5.70. The van der Waals surface area contributed by atoms with E-state index in [9.17, 15) is 0 Å². The lowest BCUT2D eigenvalue weighted by atomic mass is 9.97. The minimum atomic E-state index is 0.931. The van der Waals surface area contributed by atoms with Gasteiger partial charge in [-0.1, -0.05) is 109 Å². The predicted molar refractivity (Wildman–Crippen MR) is 198 cm³/mol. The summed E-state index contributed by atoms with van der Waals surface area (Å²) in [6.07, 6.45) is 6.33. The molecule has 10 rings (SSSR count). The molecule has 0 atom stereocenters. The highest BCUT2D eigenvalue weighted by Crippen LogP contribution is 2.50. The van der Waals surface area contributed by atoms with Crippen molar-refractivity contribution in [3.05, 3.63) is 163 Å². The van der Waals surface area contributed by atoms with Crippen LogP contribution in [0.5, 0.6) is 0 Å². The first-order valence-corrected chi connectivity index (χ1v) is 16.3. The molecule has 0 saturated heterocycles. The Bertz CT molecular complexity index is 2690. The molecular weight excluding hydrogens is 572 g/mol. The van der Waals surface area contributed by atoms with Crippen molar-refractivity contribution in [1.29, 1.82) is 0 Å². The summed E-state index contributed by atoms with van der Waals surface area (Å²) < 4.78 is 9.36. The Morgan fingerprint density at radius 1 is 0.574 bits per heavy atom. The number of benzene rings is 7. The van der Waals surface area contributed by atoms with Gasteiger partial charge in [-0.15, -0.1) is 0 Å². The molecule has 0 saturated carbocycles. The van der Waals surface area contributed by atoms with E-state index in [0.29, 0.717) is 0 Å². The molecule has 222 valence electrons. The van der Waals surface area contributed by atoms with Crippen LogP contribution >= 0.6 is 0 Å². The second kappa shape index (κ2) is 10.2. The maximum absolute atomic E-state index is 6.98. The Labute approximate surface area is 272 Å². The zero-order chi connectivity index (χ0) is 30.9. The van der Waals surface area contributed by atoms with Crippen LogP contribution in [0.2, 0.25) is 0 Å². The van der Waals surface area contributed by atoms with Gasteiger partial charge in [0.1, 0.15) is 5.76 Å². The second-order valence-electron chi connectivity index (χ2n) is 12.4. The van der Waals surface area contributed by atoms with Crippen LogP contribution in [-0.2, 0) is 6.42 Å². The summed E-state index contributed by atoms with van der Waals surface area (Å²) in [7, 11) is 0. The number of anilines is 3. The largest absolute Gasteiger partial charge is 0.454 e. The van der Waals surface area contributed by atoms with Crippen LogP contribution in [0.25, 0.3) is 66.1 Å². The first-order chi connectivity index (χ1) is 23.3. The Hall–Kier alpha value is -6.06. The van der Waals surface area contributed by atoms with Gasteiger partial charge in [-0.25, -0.2) is 0 Å². The molecule has 7 aromatic carbocycles. The topological polar surface area (TPSA) is 21.3 Å². The minimum Gasteiger partial charge on any atom is -0.454 e. The van der Waals surface area contributed by atoms with Crippen molar-refractivity contribution in [1.82, 2.24) is 4.57 Å². The Morgan fingerprint density at radius 3 is 2.21 bits per heavy atom. The lowest BCUT2D eigenvalue weighted by molar-refractivity contribution is 0.597. The number of allylic oxidation sites excluding steroid dienone is 1. The van der Waals surface area contributed by atoms with E-state index in [1.807, 2.05) is 0 Å². The molecule has 0 N–H and O–H groups in total. The van der Waals surface area contributed by atoms with Crippen molar-refractivity contribution in [2.45, 2.75) is 12.8 Å². The molecule has 47 heavy (non-hydrogen) atoms. The SMILES string of the molecule is C1=Cc2oc3c(c(N(c4ccc5ccccc5c4)c4cccc5ccccc45)cc4c5ccccc5n(-c5ccccc5)c43)c2CC1. The summed E-state index contributed by atoms with van der Waals surface area (Å²) in [5.74, 6) is 0.959. The van der Waals surface area contributed by atoms with E-state index in [0.717, 1.165) is 52.5 Å². The molecule has 0 radical (unpaired) electrons. The second-order valence-corrected chi connectivity index (χ2v) is 12.4. The highest BCUT2D eigenvalue weighted by molar-refractivity contribution is 6.22. The normalized spacial score (nSPS) is 12.9. The van der Waals surface area contributed by atoms with Crippen LogP contribution < -0.4 is 4.90 Å². The highest BCUT2D eigenvalue weighted by Gasteiger charge is 2.28. The van der Waals surface area contributed by atoms with Gasteiger partial charge >= 0.3 is 0 Å². The fourth-order valence-corrected chi connectivity index (χ4v) is 7.71. The average molecular weight is 603 g/mol. The molecule has 9 aromatic rings. The standard InChI is InChI=1S/C44H30N2O/c1-2-17-32(18-3-1)46-39-22-10-8-20-35(39)37-28-40(42-36-21-9-11-24-41(36)47-44(42)43(37)46)45(33-26-25-29-13-4-5-15-31(29)27-33)38-23-12-16-30-14-6-7-19-34(30)38/h1-8,10-20,22-28H,9,21H2. The lowest BCUT2D eigenvalue weighted by Gasteiger charge is -2.28. The first-order valence-electron chi connectivity index (χ1n) is 16.3. The minimum absolute atomic E-state index is 0.931. The van der Waals surface area contributed by atoms with Gasteiger partial charge in [0.2, 0.25) is 0 Å². The van der Waals surface area contributed by atoms with Gasteiger partial charge in [0.05, 0.1) is 27.8 Å². The van der Waals surface area contributed by atoms with E-state index in [-0.39, 0.29) is 0 Å². The summed E-state index contributed by atoms with van der Waals surface area (Å²) in [6.45, 7) is 0. The number of rotatable bonds is 4. The van der Waals surface area contributed by atoms with Gasteiger partial charge in [-0.05, 0) is 77.5 Å². The quantitative estimate of drug-likeness (QED) is 0.200. The highest BCUT2D eigenvalue weighted by atomic mass is 16.3. The van der Waals surface area contributed by atoms with Gasteiger partial charge < -0.3 is 13.9 Å². The molecule has 0 spiro atoms. The fourth-order valence-electron chi connectivity index (χ4n) is 7.71. The molecule has 0 amide bonds. The molecule has 1 aliphatic carbocycles. The zero-order valence-corrected chi connectivity index (χ0v) is 25.7. The van der Waals surface area contributed by atoms with Crippen LogP contribution in [0.4, 0.5) is 17.1 Å². The van der Waals surface area contributed by atoms with E-state index in [1.54, 1.807) is 0 Å². The van der Waals surface area contributed by atoms with Crippen LogP contribution in [-0.4, -0.2) is 4.57 Å². The smallest absolute Gasteiger partial charge is 0.161 e. The van der Waals surface area contributed by atoms with Crippen LogP contribution in [0, 0.1) is 0 Å². The molecule has 0 unspecified atom stereocenters. The zero-order valence-electron chi connectivity index (χ0n) is 25.7. The van der Waals surface area contributed by atoms with Crippen molar-refractivity contribution in [2.24, 2.45) is 0 Å². The van der Waals surface area contributed by atoms with Crippen LogP contribution in [0.1, 0.15) is 17.7 Å². The van der Waals surface area contributed by atoms with Gasteiger partial charge in [-0.2, -0.15) is 0 Å². The van der Waals surface area contributed by atoms with Crippen molar-refractivity contribution in [2.75, 3.05) is 4.90 Å². The molecule has 1 aliphatic rings. The monoisotopic (exact) mass is 602 g/mol. The molecule has 2 aromatic heterocycles. The average Bonchev–Trinajstić information content (AvgIpc) is 3.69. The van der Waals surface area contributed by atoms with Crippen LogP contribution in [0.15, 0.2) is 156 Å². The number of furan rings is 1. The number of nitrogens with zero attached hydrogens (tertiary/aromatic N) is 2.